The van der Waals surface area contributed by atoms with Gasteiger partial charge >= 0.3 is 5.97 Å². The van der Waals surface area contributed by atoms with Crippen molar-refractivity contribution in [1.82, 2.24) is 0 Å². The van der Waals surface area contributed by atoms with Crippen molar-refractivity contribution in [2.75, 3.05) is 0 Å². The van der Waals surface area contributed by atoms with Crippen molar-refractivity contribution < 1.29 is 9.90 Å². The first-order valence-corrected chi connectivity index (χ1v) is 5.17. The third-order valence-electron chi connectivity index (χ3n) is 1.85. The number of hydrogen-bond acceptors (Lipinski definition) is 2. The topological polar surface area (TPSA) is 63.3 Å². The summed E-state index contributed by atoms with van der Waals surface area (Å²) in [6, 6.07) is 1.99. The highest BCUT2D eigenvalue weighted by atomic mass is 35.5. The number of carboxylic acids is 1. The van der Waals surface area contributed by atoms with E-state index in [2.05, 4.69) is 0 Å². The SMILES string of the molecule is N[C@@H](Cc1cc(Cl)c(Cl)cc1Cl)C(=O)O. The van der Waals surface area contributed by atoms with E-state index < -0.39 is 12.0 Å². The molecule has 1 aromatic rings. The van der Waals surface area contributed by atoms with Crippen LogP contribution in [0.5, 0.6) is 0 Å². The number of carboxylic acid groups (broad SMARTS) is 1. The van der Waals surface area contributed by atoms with E-state index in [1.807, 2.05) is 0 Å². The third kappa shape index (κ3) is 3.24. The minimum Gasteiger partial charge on any atom is -0.480 e. The molecule has 0 amide bonds. The van der Waals surface area contributed by atoms with Gasteiger partial charge in [-0.05, 0) is 24.1 Å². The van der Waals surface area contributed by atoms with Crippen LogP contribution in [0.1, 0.15) is 5.56 Å². The van der Waals surface area contributed by atoms with Crippen molar-refractivity contribution in [1.29, 1.82) is 0 Å². The van der Waals surface area contributed by atoms with E-state index in [0.717, 1.165) is 0 Å². The molecule has 6 heteroatoms. The van der Waals surface area contributed by atoms with Crippen LogP contribution in [0.3, 0.4) is 0 Å². The first-order chi connectivity index (χ1) is 6.91. The molecule has 0 heterocycles. The van der Waals surface area contributed by atoms with Crippen LogP contribution >= 0.6 is 34.8 Å². The molecule has 0 saturated heterocycles. The van der Waals surface area contributed by atoms with Crippen LogP contribution in [-0.4, -0.2) is 17.1 Å². The van der Waals surface area contributed by atoms with E-state index in [1.165, 1.54) is 12.1 Å². The summed E-state index contributed by atoms with van der Waals surface area (Å²) in [4.78, 5) is 10.5. The molecule has 0 saturated carbocycles. The van der Waals surface area contributed by atoms with Crippen LogP contribution in [0, 0.1) is 0 Å². The molecule has 0 aliphatic rings. The fraction of sp³-hybridized carbons (Fsp3) is 0.222. The summed E-state index contributed by atoms with van der Waals surface area (Å²) in [6.07, 6.45) is 0.116. The Balaban J connectivity index is 2.95. The summed E-state index contributed by atoms with van der Waals surface area (Å²) in [6.45, 7) is 0. The van der Waals surface area contributed by atoms with Gasteiger partial charge < -0.3 is 10.8 Å². The summed E-state index contributed by atoms with van der Waals surface area (Å²) in [5, 5.41) is 9.65. The molecule has 0 unspecified atom stereocenters. The summed E-state index contributed by atoms with van der Waals surface area (Å²) < 4.78 is 0. The van der Waals surface area contributed by atoms with Gasteiger partial charge in [-0.2, -0.15) is 0 Å². The number of halogens is 3. The van der Waals surface area contributed by atoms with Crippen LogP contribution in [0.15, 0.2) is 12.1 Å². The Labute approximate surface area is 102 Å². The van der Waals surface area contributed by atoms with Gasteiger partial charge in [-0.1, -0.05) is 34.8 Å². The van der Waals surface area contributed by atoms with Crippen molar-refractivity contribution in [3.63, 3.8) is 0 Å². The maximum absolute atomic E-state index is 10.5. The van der Waals surface area contributed by atoms with E-state index in [4.69, 9.17) is 45.6 Å². The zero-order valence-electron chi connectivity index (χ0n) is 7.51. The highest BCUT2D eigenvalue weighted by Gasteiger charge is 2.15. The second kappa shape index (κ2) is 5.03. The molecular weight excluding hydrogens is 260 g/mol. The number of nitrogens with two attached hydrogens (primary N) is 1. The Morgan fingerprint density at radius 2 is 1.80 bits per heavy atom. The zero-order valence-corrected chi connectivity index (χ0v) is 9.77. The van der Waals surface area contributed by atoms with E-state index >= 15 is 0 Å². The predicted molar refractivity (Wildman–Crippen MR) is 60.8 cm³/mol. The van der Waals surface area contributed by atoms with Gasteiger partial charge in [-0.3, -0.25) is 4.79 Å². The molecule has 0 aliphatic heterocycles. The lowest BCUT2D eigenvalue weighted by Crippen LogP contribution is -2.32. The van der Waals surface area contributed by atoms with Crippen LogP contribution in [0.4, 0.5) is 0 Å². The van der Waals surface area contributed by atoms with Crippen molar-refractivity contribution in [2.45, 2.75) is 12.5 Å². The van der Waals surface area contributed by atoms with Gasteiger partial charge in [0.1, 0.15) is 6.04 Å². The quantitative estimate of drug-likeness (QED) is 0.828. The fourth-order valence-electron chi connectivity index (χ4n) is 1.04. The fourth-order valence-corrected chi connectivity index (χ4v) is 1.69. The second-order valence-corrected chi connectivity index (χ2v) is 4.23. The first-order valence-electron chi connectivity index (χ1n) is 4.03. The van der Waals surface area contributed by atoms with E-state index in [0.29, 0.717) is 20.6 Å². The highest BCUT2D eigenvalue weighted by Crippen LogP contribution is 2.29. The van der Waals surface area contributed by atoms with Gasteiger partial charge in [0.05, 0.1) is 10.0 Å². The molecule has 1 atom stereocenters. The van der Waals surface area contributed by atoms with Crippen LogP contribution in [0.2, 0.25) is 15.1 Å². The summed E-state index contributed by atoms with van der Waals surface area (Å²) in [5.74, 6) is -1.09. The molecule has 1 aromatic carbocycles. The molecule has 0 aliphatic carbocycles. The number of carbonyl (C=O) groups is 1. The smallest absolute Gasteiger partial charge is 0.320 e. The molecular formula is C9H8Cl3NO2. The van der Waals surface area contributed by atoms with Crippen molar-refractivity contribution in [2.24, 2.45) is 5.73 Å². The molecule has 0 fully saturated rings. The Morgan fingerprint density at radius 1 is 1.27 bits per heavy atom. The van der Waals surface area contributed by atoms with Crippen LogP contribution < -0.4 is 5.73 Å². The van der Waals surface area contributed by atoms with Crippen molar-refractivity contribution >= 4 is 40.8 Å². The van der Waals surface area contributed by atoms with Gasteiger partial charge in [0.25, 0.3) is 0 Å². The normalized spacial score (nSPS) is 12.5. The van der Waals surface area contributed by atoms with Crippen molar-refractivity contribution in [3.05, 3.63) is 32.8 Å². The number of benzene rings is 1. The van der Waals surface area contributed by atoms with Gasteiger partial charge in [0.2, 0.25) is 0 Å². The maximum Gasteiger partial charge on any atom is 0.320 e. The monoisotopic (exact) mass is 267 g/mol. The Bertz CT molecular complexity index is 395. The highest BCUT2D eigenvalue weighted by molar-refractivity contribution is 6.43. The molecule has 82 valence electrons. The predicted octanol–water partition coefficient (Wildman–Crippen LogP) is 2.60. The van der Waals surface area contributed by atoms with Gasteiger partial charge in [-0.25, -0.2) is 0 Å². The maximum atomic E-state index is 10.5. The lowest BCUT2D eigenvalue weighted by atomic mass is 10.1. The average molecular weight is 269 g/mol. The Kier molecular flexibility index (Phi) is 4.22. The number of aliphatic carboxylic acids is 1. The minimum atomic E-state index is -1.09. The molecule has 0 aromatic heterocycles. The average Bonchev–Trinajstić information content (AvgIpc) is 2.13. The molecule has 3 nitrogen and oxygen atoms in total. The van der Waals surface area contributed by atoms with E-state index in [-0.39, 0.29) is 6.42 Å². The molecule has 15 heavy (non-hydrogen) atoms. The van der Waals surface area contributed by atoms with Gasteiger partial charge in [0, 0.05) is 5.02 Å². The molecule has 1 rings (SSSR count). The Morgan fingerprint density at radius 3 is 2.33 bits per heavy atom. The summed E-state index contributed by atoms with van der Waals surface area (Å²) in [5.41, 5.74) is 5.94. The van der Waals surface area contributed by atoms with Gasteiger partial charge in [0.15, 0.2) is 0 Å². The molecule has 3 N–H and O–H groups in total. The third-order valence-corrected chi connectivity index (χ3v) is 2.92. The van der Waals surface area contributed by atoms with Crippen LogP contribution in [0.25, 0.3) is 0 Å². The Hall–Kier alpha value is -0.480. The summed E-state index contributed by atoms with van der Waals surface area (Å²) >= 11 is 17.3. The zero-order chi connectivity index (χ0) is 11.6. The molecule has 0 bridgehead atoms. The minimum absolute atomic E-state index is 0.116. The van der Waals surface area contributed by atoms with Gasteiger partial charge in [-0.15, -0.1) is 0 Å². The largest absolute Gasteiger partial charge is 0.480 e. The van der Waals surface area contributed by atoms with Crippen LogP contribution in [-0.2, 0) is 11.2 Å². The molecule has 0 radical (unpaired) electrons. The standard InChI is InChI=1S/C9H8Cl3NO2/c10-5-3-7(12)6(11)1-4(5)2-8(13)9(14)15/h1,3,8H,2,13H2,(H,14,15)/t8-/m0/s1. The number of hydrogen-bond donors (Lipinski definition) is 2. The van der Waals surface area contributed by atoms with E-state index in [1.54, 1.807) is 0 Å². The first kappa shape index (κ1) is 12.6. The second-order valence-electron chi connectivity index (χ2n) is 3.01. The van der Waals surface area contributed by atoms with E-state index in [9.17, 15) is 4.79 Å². The summed E-state index contributed by atoms with van der Waals surface area (Å²) in [7, 11) is 0. The molecule has 0 spiro atoms. The lowest BCUT2D eigenvalue weighted by molar-refractivity contribution is -0.138. The lowest BCUT2D eigenvalue weighted by Gasteiger charge is -2.09. The van der Waals surface area contributed by atoms with Crippen molar-refractivity contribution in [3.8, 4) is 0 Å². The number of rotatable bonds is 3.